The van der Waals surface area contributed by atoms with Gasteiger partial charge >= 0.3 is 12.6 Å². The number of hydrazine groups is 1. The Morgan fingerprint density at radius 2 is 1.75 bits per heavy atom. The van der Waals surface area contributed by atoms with Gasteiger partial charge in [-0.25, -0.2) is 9.80 Å². The summed E-state index contributed by atoms with van der Waals surface area (Å²) in [7, 11) is 0. The van der Waals surface area contributed by atoms with Gasteiger partial charge in [-0.15, -0.1) is 0 Å². The van der Waals surface area contributed by atoms with E-state index in [2.05, 4.69) is 10.2 Å². The quantitative estimate of drug-likeness (QED) is 0.905. The minimum atomic E-state index is -2.87. The number of amides is 2. The number of urea groups is 1. The molecule has 0 fully saturated rings. The Balaban J connectivity index is 1.96. The van der Waals surface area contributed by atoms with Gasteiger partial charge in [0, 0.05) is 11.1 Å². The van der Waals surface area contributed by atoms with Crippen molar-refractivity contribution in [1.82, 2.24) is 10.4 Å². The Bertz CT molecular complexity index is 761. The average Bonchev–Trinajstić information content (AvgIpc) is 3.01. The molecule has 7 heteroatoms. The second kappa shape index (κ2) is 6.57. The van der Waals surface area contributed by atoms with E-state index in [0.29, 0.717) is 12.2 Å². The molecule has 0 aromatic heterocycles. The summed E-state index contributed by atoms with van der Waals surface area (Å²) in [5.41, 5.74) is 11.6. The molecule has 0 bridgehead atoms. The zero-order chi connectivity index (χ0) is 17.1. The molecule has 2 aromatic rings. The smallest absolute Gasteiger partial charge is 0.387 e. The van der Waals surface area contributed by atoms with Crippen LogP contribution in [-0.2, 0) is 0 Å². The van der Waals surface area contributed by atoms with Gasteiger partial charge < -0.3 is 10.5 Å². The average molecular weight is 331 g/mol. The van der Waals surface area contributed by atoms with E-state index in [1.807, 2.05) is 30.3 Å². The number of nitrogens with two attached hydrogens (primary N) is 1. The van der Waals surface area contributed by atoms with E-state index in [9.17, 15) is 13.6 Å². The molecular formula is C17H15F2N3O2. The minimum Gasteiger partial charge on any atom is -0.435 e. The van der Waals surface area contributed by atoms with Gasteiger partial charge in [-0.2, -0.15) is 8.78 Å². The predicted molar refractivity (Wildman–Crippen MR) is 85.8 cm³/mol. The predicted octanol–water partition coefficient (Wildman–Crippen LogP) is 3.06. The summed E-state index contributed by atoms with van der Waals surface area (Å²) in [4.78, 5) is 11.5. The summed E-state index contributed by atoms with van der Waals surface area (Å²) < 4.78 is 28.8. The summed E-state index contributed by atoms with van der Waals surface area (Å²) in [6.45, 7) is -2.56. The van der Waals surface area contributed by atoms with E-state index in [1.54, 1.807) is 12.1 Å². The van der Waals surface area contributed by atoms with Crippen molar-refractivity contribution in [3.05, 3.63) is 65.7 Å². The number of alkyl halides is 2. The Morgan fingerprint density at radius 3 is 2.33 bits per heavy atom. The largest absolute Gasteiger partial charge is 0.435 e. The van der Waals surface area contributed by atoms with E-state index in [-0.39, 0.29) is 5.75 Å². The highest BCUT2D eigenvalue weighted by Crippen LogP contribution is 2.31. The van der Waals surface area contributed by atoms with E-state index in [0.717, 1.165) is 16.7 Å². The second-order valence-electron chi connectivity index (χ2n) is 5.16. The number of primary amides is 1. The van der Waals surface area contributed by atoms with E-state index >= 15 is 0 Å². The number of benzene rings is 2. The van der Waals surface area contributed by atoms with Crippen LogP contribution in [0.1, 0.15) is 11.1 Å². The molecule has 124 valence electrons. The van der Waals surface area contributed by atoms with Crippen molar-refractivity contribution in [3.63, 3.8) is 0 Å². The fraction of sp³-hybridized carbons (Fsp3) is 0.118. The van der Waals surface area contributed by atoms with Gasteiger partial charge in [-0.3, -0.25) is 5.43 Å². The van der Waals surface area contributed by atoms with Crippen LogP contribution in [0.15, 0.2) is 54.6 Å². The first-order valence-electron chi connectivity index (χ1n) is 7.22. The Hall–Kier alpha value is -3.09. The summed E-state index contributed by atoms with van der Waals surface area (Å²) in [5.74, 6) is 0.0698. The molecule has 2 amide bonds. The summed E-state index contributed by atoms with van der Waals surface area (Å²) in [6.07, 6.45) is 0. The van der Waals surface area contributed by atoms with E-state index < -0.39 is 12.6 Å². The standard InChI is InChI=1S/C17H15F2N3O2/c18-16(19)24-13-8-6-12(7-9-13)15-14(10-22(21-15)17(20)23)11-4-2-1-3-5-11/h1-9,16,21H,10H2,(H2,20,23). The lowest BCUT2D eigenvalue weighted by Gasteiger charge is -2.15. The van der Waals surface area contributed by atoms with Gasteiger partial charge in [0.1, 0.15) is 5.75 Å². The topological polar surface area (TPSA) is 67.6 Å². The van der Waals surface area contributed by atoms with Crippen LogP contribution in [-0.4, -0.2) is 24.2 Å². The van der Waals surface area contributed by atoms with Crippen LogP contribution in [0, 0.1) is 0 Å². The highest BCUT2D eigenvalue weighted by molar-refractivity contribution is 5.95. The molecule has 5 nitrogen and oxygen atoms in total. The van der Waals surface area contributed by atoms with Crippen molar-refractivity contribution in [2.24, 2.45) is 5.73 Å². The lowest BCUT2D eigenvalue weighted by molar-refractivity contribution is -0.0498. The molecule has 1 heterocycles. The first kappa shape index (κ1) is 15.8. The SMILES string of the molecule is NC(=O)N1CC(c2ccccc2)=C(c2ccc(OC(F)F)cc2)N1. The summed E-state index contributed by atoms with van der Waals surface area (Å²) >= 11 is 0. The third kappa shape index (κ3) is 3.29. The van der Waals surface area contributed by atoms with Gasteiger partial charge in [-0.1, -0.05) is 30.3 Å². The number of nitrogens with one attached hydrogen (secondary N) is 1. The zero-order valence-corrected chi connectivity index (χ0v) is 12.6. The zero-order valence-electron chi connectivity index (χ0n) is 12.6. The molecule has 1 aliphatic rings. The Morgan fingerprint density at radius 1 is 1.08 bits per heavy atom. The summed E-state index contributed by atoms with van der Waals surface area (Å²) in [5, 5.41) is 1.29. The van der Waals surface area contributed by atoms with Crippen LogP contribution < -0.4 is 15.9 Å². The van der Waals surface area contributed by atoms with Crippen LogP contribution in [0.4, 0.5) is 13.6 Å². The van der Waals surface area contributed by atoms with Crippen molar-refractivity contribution >= 4 is 17.3 Å². The Labute approximate surface area is 137 Å². The molecule has 24 heavy (non-hydrogen) atoms. The molecule has 3 N–H and O–H groups in total. The minimum absolute atomic E-state index is 0.0698. The van der Waals surface area contributed by atoms with Crippen LogP contribution in [0.25, 0.3) is 11.3 Å². The number of hydrogen-bond acceptors (Lipinski definition) is 3. The third-order valence-corrected chi connectivity index (χ3v) is 3.62. The van der Waals surface area contributed by atoms with Crippen molar-refractivity contribution in [2.45, 2.75) is 6.61 Å². The first-order valence-corrected chi connectivity index (χ1v) is 7.22. The third-order valence-electron chi connectivity index (χ3n) is 3.62. The number of ether oxygens (including phenoxy) is 1. The number of rotatable bonds is 4. The van der Waals surface area contributed by atoms with Crippen molar-refractivity contribution in [2.75, 3.05) is 6.54 Å². The van der Waals surface area contributed by atoms with Gasteiger partial charge in [0.05, 0.1) is 12.2 Å². The van der Waals surface area contributed by atoms with E-state index in [4.69, 9.17) is 5.73 Å². The van der Waals surface area contributed by atoms with Crippen molar-refractivity contribution in [1.29, 1.82) is 0 Å². The highest BCUT2D eigenvalue weighted by Gasteiger charge is 2.25. The molecule has 0 unspecified atom stereocenters. The lowest BCUT2D eigenvalue weighted by atomic mass is 10.0. The Kier molecular flexibility index (Phi) is 4.33. The molecule has 0 radical (unpaired) electrons. The van der Waals surface area contributed by atoms with Crippen LogP contribution in [0.3, 0.4) is 0 Å². The molecule has 2 aromatic carbocycles. The molecule has 0 saturated heterocycles. The number of carbonyl (C=O) groups excluding carboxylic acids is 1. The monoisotopic (exact) mass is 331 g/mol. The lowest BCUT2D eigenvalue weighted by Crippen LogP contribution is -2.41. The maximum atomic E-state index is 12.2. The van der Waals surface area contributed by atoms with Gasteiger partial charge in [-0.05, 0) is 29.8 Å². The van der Waals surface area contributed by atoms with Crippen LogP contribution in [0.5, 0.6) is 5.75 Å². The fourth-order valence-electron chi connectivity index (χ4n) is 2.53. The molecule has 0 spiro atoms. The van der Waals surface area contributed by atoms with Gasteiger partial charge in [0.25, 0.3) is 0 Å². The first-order chi connectivity index (χ1) is 11.5. The molecule has 0 aliphatic carbocycles. The highest BCUT2D eigenvalue weighted by atomic mass is 19.3. The summed E-state index contributed by atoms with van der Waals surface area (Å²) in [6, 6.07) is 15.1. The number of carbonyl (C=O) groups is 1. The molecule has 3 rings (SSSR count). The number of hydrogen-bond donors (Lipinski definition) is 2. The fourth-order valence-corrected chi connectivity index (χ4v) is 2.53. The van der Waals surface area contributed by atoms with Crippen LogP contribution in [0.2, 0.25) is 0 Å². The molecular weight excluding hydrogens is 316 g/mol. The number of halogens is 2. The maximum absolute atomic E-state index is 12.2. The van der Waals surface area contributed by atoms with Crippen molar-refractivity contribution in [3.8, 4) is 5.75 Å². The number of nitrogens with zero attached hydrogens (tertiary/aromatic N) is 1. The molecule has 0 saturated carbocycles. The molecule has 1 aliphatic heterocycles. The normalized spacial score (nSPS) is 14.0. The maximum Gasteiger partial charge on any atom is 0.387 e. The molecule has 0 atom stereocenters. The van der Waals surface area contributed by atoms with Crippen molar-refractivity contribution < 1.29 is 18.3 Å². The second-order valence-corrected chi connectivity index (χ2v) is 5.16. The van der Waals surface area contributed by atoms with Gasteiger partial charge in [0.15, 0.2) is 0 Å². The van der Waals surface area contributed by atoms with Crippen LogP contribution >= 0.6 is 0 Å². The van der Waals surface area contributed by atoms with E-state index in [1.165, 1.54) is 17.1 Å². The van der Waals surface area contributed by atoms with Gasteiger partial charge in [0.2, 0.25) is 0 Å².